The van der Waals surface area contributed by atoms with E-state index in [9.17, 15) is 13.2 Å². The summed E-state index contributed by atoms with van der Waals surface area (Å²) in [5.41, 5.74) is 3.18. The standard InChI is InChI=1S/C25H26N2O4S/c1-17(2)19-10-12-20(13-11-19)26-25(28)24-16-27(22-6-4-5-7-23(22)31-24)32(29,30)21-14-8-18(3)9-15-21/h4-15,17,24H,16H2,1-3H3,(H,26,28). The van der Waals surface area contributed by atoms with Gasteiger partial charge in [0.2, 0.25) is 0 Å². The molecular weight excluding hydrogens is 424 g/mol. The second-order valence-corrected chi connectivity index (χ2v) is 10.1. The van der Waals surface area contributed by atoms with Crippen molar-refractivity contribution in [2.75, 3.05) is 16.2 Å². The van der Waals surface area contributed by atoms with Gasteiger partial charge in [0, 0.05) is 5.69 Å². The van der Waals surface area contributed by atoms with Gasteiger partial charge < -0.3 is 10.1 Å². The lowest BCUT2D eigenvalue weighted by Crippen LogP contribution is -2.48. The monoisotopic (exact) mass is 450 g/mol. The van der Waals surface area contributed by atoms with Crippen LogP contribution < -0.4 is 14.4 Å². The maximum absolute atomic E-state index is 13.4. The molecule has 1 unspecified atom stereocenters. The number of anilines is 2. The molecule has 4 rings (SSSR count). The molecule has 0 aliphatic carbocycles. The molecule has 0 aromatic heterocycles. The third-order valence-corrected chi connectivity index (χ3v) is 7.28. The van der Waals surface area contributed by atoms with Crippen LogP contribution in [0.3, 0.4) is 0 Å². The average molecular weight is 451 g/mol. The van der Waals surface area contributed by atoms with Crippen molar-refractivity contribution in [1.82, 2.24) is 0 Å². The van der Waals surface area contributed by atoms with Crippen LogP contribution in [0.25, 0.3) is 0 Å². The first-order valence-corrected chi connectivity index (χ1v) is 12.0. The zero-order valence-corrected chi connectivity index (χ0v) is 19.1. The highest BCUT2D eigenvalue weighted by atomic mass is 32.2. The van der Waals surface area contributed by atoms with Gasteiger partial charge in [0.25, 0.3) is 15.9 Å². The number of rotatable bonds is 5. The summed E-state index contributed by atoms with van der Waals surface area (Å²) in [4.78, 5) is 13.2. The van der Waals surface area contributed by atoms with Gasteiger partial charge in [-0.3, -0.25) is 9.10 Å². The predicted octanol–water partition coefficient (Wildman–Crippen LogP) is 4.71. The molecule has 1 heterocycles. The number of sulfonamides is 1. The van der Waals surface area contributed by atoms with Crippen LogP contribution in [0, 0.1) is 6.92 Å². The molecule has 166 valence electrons. The number of hydrogen-bond donors (Lipinski definition) is 1. The maximum atomic E-state index is 13.4. The molecule has 7 heteroatoms. The van der Waals surface area contributed by atoms with E-state index in [4.69, 9.17) is 4.74 Å². The van der Waals surface area contributed by atoms with Crippen LogP contribution in [0.2, 0.25) is 0 Å². The van der Waals surface area contributed by atoms with E-state index < -0.39 is 22.0 Å². The Hall–Kier alpha value is -3.32. The first-order valence-electron chi connectivity index (χ1n) is 10.5. The normalized spacial score (nSPS) is 15.8. The summed E-state index contributed by atoms with van der Waals surface area (Å²) in [6.07, 6.45) is -0.991. The predicted molar refractivity (Wildman–Crippen MR) is 126 cm³/mol. The number of carbonyl (C=O) groups is 1. The Morgan fingerprint density at radius 3 is 2.31 bits per heavy atom. The molecule has 0 saturated carbocycles. The molecule has 0 bridgehead atoms. The number of carbonyl (C=O) groups excluding carboxylic acids is 1. The number of aryl methyl sites for hydroxylation is 1. The molecule has 0 saturated heterocycles. The molecule has 0 radical (unpaired) electrons. The van der Waals surface area contributed by atoms with Gasteiger partial charge in [-0.2, -0.15) is 0 Å². The highest BCUT2D eigenvalue weighted by molar-refractivity contribution is 7.92. The fraction of sp³-hybridized carbons (Fsp3) is 0.240. The van der Waals surface area contributed by atoms with Crippen molar-refractivity contribution in [2.45, 2.75) is 37.7 Å². The number of ether oxygens (including phenoxy) is 1. The summed E-state index contributed by atoms with van der Waals surface area (Å²) < 4.78 is 34.0. The largest absolute Gasteiger partial charge is 0.476 e. The Morgan fingerprint density at radius 1 is 1.00 bits per heavy atom. The van der Waals surface area contributed by atoms with Crippen molar-refractivity contribution in [3.05, 3.63) is 83.9 Å². The molecule has 1 aliphatic rings. The van der Waals surface area contributed by atoms with Crippen LogP contribution in [0.4, 0.5) is 11.4 Å². The van der Waals surface area contributed by atoms with Gasteiger partial charge in [-0.05, 0) is 54.8 Å². The van der Waals surface area contributed by atoms with E-state index in [0.717, 1.165) is 5.56 Å². The van der Waals surface area contributed by atoms with E-state index in [1.54, 1.807) is 48.5 Å². The van der Waals surface area contributed by atoms with Gasteiger partial charge in [-0.1, -0.05) is 55.8 Å². The third kappa shape index (κ3) is 4.34. The Balaban J connectivity index is 1.62. The summed E-state index contributed by atoms with van der Waals surface area (Å²) in [6.45, 7) is 5.98. The highest BCUT2D eigenvalue weighted by Crippen LogP contribution is 2.37. The lowest BCUT2D eigenvalue weighted by molar-refractivity contribution is -0.122. The number of para-hydroxylation sites is 2. The molecule has 0 spiro atoms. The van der Waals surface area contributed by atoms with Crippen LogP contribution in [-0.4, -0.2) is 27.0 Å². The molecule has 1 aliphatic heterocycles. The van der Waals surface area contributed by atoms with Crippen molar-refractivity contribution in [2.24, 2.45) is 0 Å². The maximum Gasteiger partial charge on any atom is 0.267 e. The van der Waals surface area contributed by atoms with Crippen LogP contribution in [0.5, 0.6) is 5.75 Å². The van der Waals surface area contributed by atoms with E-state index in [0.29, 0.717) is 23.0 Å². The molecule has 3 aromatic carbocycles. The Labute approximate surface area is 188 Å². The molecule has 1 N–H and O–H groups in total. The molecule has 1 amide bonds. The first-order chi connectivity index (χ1) is 15.3. The van der Waals surface area contributed by atoms with Crippen molar-refractivity contribution in [1.29, 1.82) is 0 Å². The molecule has 3 aromatic rings. The third-order valence-electron chi connectivity index (χ3n) is 5.48. The van der Waals surface area contributed by atoms with E-state index in [2.05, 4.69) is 19.2 Å². The summed E-state index contributed by atoms with van der Waals surface area (Å²) in [5, 5.41) is 2.84. The summed E-state index contributed by atoms with van der Waals surface area (Å²) in [7, 11) is -3.87. The van der Waals surface area contributed by atoms with Crippen molar-refractivity contribution >= 4 is 27.3 Å². The Bertz CT molecular complexity index is 1220. The fourth-order valence-electron chi connectivity index (χ4n) is 3.58. The van der Waals surface area contributed by atoms with Crippen molar-refractivity contribution in [3.63, 3.8) is 0 Å². The summed E-state index contributed by atoms with van der Waals surface area (Å²) in [6, 6.07) is 21.1. The molecular formula is C25H26N2O4S. The van der Waals surface area contributed by atoms with E-state index in [1.807, 2.05) is 31.2 Å². The van der Waals surface area contributed by atoms with Crippen LogP contribution in [-0.2, 0) is 14.8 Å². The lowest BCUT2D eigenvalue weighted by Gasteiger charge is -2.34. The second-order valence-electron chi connectivity index (χ2n) is 8.19. The van der Waals surface area contributed by atoms with Gasteiger partial charge in [0.15, 0.2) is 6.10 Å². The smallest absolute Gasteiger partial charge is 0.267 e. The molecule has 6 nitrogen and oxygen atoms in total. The molecule has 32 heavy (non-hydrogen) atoms. The second kappa shape index (κ2) is 8.67. The van der Waals surface area contributed by atoms with Crippen molar-refractivity contribution < 1.29 is 17.9 Å². The van der Waals surface area contributed by atoms with E-state index >= 15 is 0 Å². The number of benzene rings is 3. The minimum absolute atomic E-state index is 0.122. The van der Waals surface area contributed by atoms with E-state index in [-0.39, 0.29) is 11.4 Å². The van der Waals surface area contributed by atoms with Gasteiger partial charge in [0.1, 0.15) is 5.75 Å². The minimum atomic E-state index is -3.87. The minimum Gasteiger partial charge on any atom is -0.476 e. The van der Waals surface area contributed by atoms with Crippen LogP contribution in [0.15, 0.2) is 77.7 Å². The summed E-state index contributed by atoms with van der Waals surface area (Å²) in [5.74, 6) is 0.337. The number of nitrogens with one attached hydrogen (secondary N) is 1. The SMILES string of the molecule is Cc1ccc(S(=O)(=O)N2CC(C(=O)Nc3ccc(C(C)C)cc3)Oc3ccccc32)cc1. The van der Waals surface area contributed by atoms with Crippen molar-refractivity contribution in [3.8, 4) is 5.75 Å². The zero-order valence-electron chi connectivity index (χ0n) is 18.3. The average Bonchev–Trinajstić information content (AvgIpc) is 2.79. The van der Waals surface area contributed by atoms with E-state index in [1.165, 1.54) is 9.87 Å². The first kappa shape index (κ1) is 21.9. The Kier molecular flexibility index (Phi) is 5.93. The Morgan fingerprint density at radius 2 is 1.66 bits per heavy atom. The number of fused-ring (bicyclic) bond motifs is 1. The quantitative estimate of drug-likeness (QED) is 0.611. The molecule has 0 fully saturated rings. The van der Waals surface area contributed by atoms with Gasteiger partial charge >= 0.3 is 0 Å². The van der Waals surface area contributed by atoms with Gasteiger partial charge in [0.05, 0.1) is 17.1 Å². The molecule has 1 atom stereocenters. The van der Waals surface area contributed by atoms with Gasteiger partial charge in [-0.25, -0.2) is 8.42 Å². The van der Waals surface area contributed by atoms with Gasteiger partial charge in [-0.15, -0.1) is 0 Å². The van der Waals surface area contributed by atoms with Crippen LogP contribution in [0.1, 0.15) is 30.9 Å². The fourth-order valence-corrected chi connectivity index (χ4v) is 5.05. The zero-order chi connectivity index (χ0) is 22.9. The number of amides is 1. The lowest BCUT2D eigenvalue weighted by atomic mass is 10.0. The number of nitrogens with zero attached hydrogens (tertiary/aromatic N) is 1. The highest BCUT2D eigenvalue weighted by Gasteiger charge is 2.37. The topological polar surface area (TPSA) is 75.7 Å². The summed E-state index contributed by atoms with van der Waals surface area (Å²) >= 11 is 0. The number of hydrogen-bond acceptors (Lipinski definition) is 4. The van der Waals surface area contributed by atoms with Crippen LogP contribution >= 0.6 is 0 Å².